The highest BCUT2D eigenvalue weighted by Gasteiger charge is 2.56. The maximum Gasteiger partial charge on any atom is 0.247 e. The van der Waals surface area contributed by atoms with Gasteiger partial charge in [-0.15, -0.1) is 0 Å². The summed E-state index contributed by atoms with van der Waals surface area (Å²) in [5.41, 5.74) is 5.73. The molecular formula is C31H43FN4O5. The van der Waals surface area contributed by atoms with Crippen molar-refractivity contribution in [1.82, 2.24) is 15.1 Å². The first-order valence-electron chi connectivity index (χ1n) is 13.5. The van der Waals surface area contributed by atoms with Crippen LogP contribution in [0.3, 0.4) is 0 Å². The number of amides is 3. The van der Waals surface area contributed by atoms with Crippen LogP contribution in [0.25, 0.3) is 0 Å². The van der Waals surface area contributed by atoms with Crippen molar-refractivity contribution in [2.45, 2.75) is 58.2 Å². The van der Waals surface area contributed by atoms with Gasteiger partial charge in [-0.25, -0.2) is 4.39 Å². The van der Waals surface area contributed by atoms with Crippen LogP contribution in [0.2, 0.25) is 0 Å². The topological polar surface area (TPSA) is 114 Å². The van der Waals surface area contributed by atoms with Crippen molar-refractivity contribution < 1.29 is 28.2 Å². The third kappa shape index (κ3) is 7.05. The zero-order chi connectivity index (χ0) is 29.1. The number of nitrogens with one attached hydrogen (secondary N) is 1. The predicted molar refractivity (Wildman–Crippen MR) is 155 cm³/mol. The first-order valence-corrected chi connectivity index (χ1v) is 13.5. The summed E-state index contributed by atoms with van der Waals surface area (Å²) < 4.78 is 24.7. The molecule has 10 heteroatoms. The van der Waals surface area contributed by atoms with E-state index in [1.54, 1.807) is 49.9 Å². The van der Waals surface area contributed by atoms with Gasteiger partial charge in [0.05, 0.1) is 31.3 Å². The summed E-state index contributed by atoms with van der Waals surface area (Å²) in [6.45, 7) is 4.44. The first kappa shape index (κ1) is 32.0. The van der Waals surface area contributed by atoms with Gasteiger partial charge in [0.25, 0.3) is 0 Å². The van der Waals surface area contributed by atoms with Gasteiger partial charge in [0.15, 0.2) is 0 Å². The van der Waals surface area contributed by atoms with E-state index in [0.29, 0.717) is 25.9 Å². The van der Waals surface area contributed by atoms with E-state index >= 15 is 0 Å². The van der Waals surface area contributed by atoms with Crippen molar-refractivity contribution in [3.05, 3.63) is 65.5 Å². The Bertz CT molecular complexity index is 1210. The highest BCUT2D eigenvalue weighted by molar-refractivity contribution is 5.92. The summed E-state index contributed by atoms with van der Waals surface area (Å²) in [4.78, 5) is 43.6. The van der Waals surface area contributed by atoms with Crippen molar-refractivity contribution in [3.63, 3.8) is 0 Å². The predicted octanol–water partition coefficient (Wildman–Crippen LogP) is 3.07. The molecule has 41 heavy (non-hydrogen) atoms. The van der Waals surface area contributed by atoms with E-state index in [2.05, 4.69) is 5.32 Å². The normalized spacial score (nSPS) is 21.4. The van der Waals surface area contributed by atoms with Gasteiger partial charge in [-0.2, -0.15) is 0 Å². The largest absolute Gasteiger partial charge is 0.497 e. The molecule has 3 N–H and O–H groups in total. The Labute approximate surface area is 242 Å². The molecule has 2 aromatic rings. The van der Waals surface area contributed by atoms with Crippen LogP contribution in [0.4, 0.5) is 4.39 Å². The number of carbonyl (C=O) groups excluding carboxylic acids is 3. The van der Waals surface area contributed by atoms with E-state index in [0.717, 1.165) is 16.9 Å². The highest BCUT2D eigenvalue weighted by atomic mass is 19.1. The summed E-state index contributed by atoms with van der Waals surface area (Å²) >= 11 is 0. The molecule has 2 aromatic carbocycles. The maximum atomic E-state index is 13.9. The average molecular weight is 571 g/mol. The highest BCUT2D eigenvalue weighted by Crippen LogP contribution is 2.49. The molecule has 3 unspecified atom stereocenters. The summed E-state index contributed by atoms with van der Waals surface area (Å²) in [7, 11) is 3.35. The molecule has 2 fully saturated rings. The quantitative estimate of drug-likeness (QED) is 0.479. The lowest BCUT2D eigenvalue weighted by molar-refractivity contribution is -0.147. The van der Waals surface area contributed by atoms with Crippen LogP contribution in [0.15, 0.2) is 48.5 Å². The molecule has 9 nitrogen and oxygen atoms in total. The second-order valence-corrected chi connectivity index (χ2v) is 11.4. The number of hydrogen-bond donors (Lipinski definition) is 2. The smallest absolute Gasteiger partial charge is 0.247 e. The number of likely N-dealkylation sites (tertiary alicyclic amines) is 2. The number of methoxy groups -OCH3 is 1. The number of rotatable bonds is 9. The molecule has 2 aliphatic rings. The molecule has 0 bridgehead atoms. The minimum Gasteiger partial charge on any atom is -0.497 e. The molecule has 3 atom stereocenters. The van der Waals surface area contributed by atoms with E-state index in [1.165, 1.54) is 12.1 Å². The van der Waals surface area contributed by atoms with E-state index < -0.39 is 22.9 Å². The van der Waals surface area contributed by atoms with Crippen molar-refractivity contribution in [3.8, 4) is 5.75 Å². The van der Waals surface area contributed by atoms with Gasteiger partial charge in [0.2, 0.25) is 17.7 Å². The molecule has 0 radical (unpaired) electrons. The number of likely N-dealkylation sites (N-methyl/N-ethyl adjacent to an activating group) is 1. The van der Waals surface area contributed by atoms with Crippen LogP contribution >= 0.6 is 0 Å². The number of piperidine rings is 1. The zero-order valence-corrected chi connectivity index (χ0v) is 23.6. The van der Waals surface area contributed by atoms with Crippen LogP contribution in [0.1, 0.15) is 51.2 Å². The maximum absolute atomic E-state index is 13.9. The van der Waals surface area contributed by atoms with Crippen LogP contribution in [-0.2, 0) is 25.7 Å². The summed E-state index contributed by atoms with van der Waals surface area (Å²) in [5.74, 6) is -0.647. The number of carbonyl (C=O) groups is 3. The fourth-order valence-corrected chi connectivity index (χ4v) is 5.67. The summed E-state index contributed by atoms with van der Waals surface area (Å²) in [6.07, 6.45) is 1.24. The van der Waals surface area contributed by atoms with Crippen LogP contribution in [0, 0.1) is 11.2 Å². The number of hydrogen-bond acceptors (Lipinski definition) is 6. The average Bonchev–Trinajstić information content (AvgIpc) is 3.17. The molecule has 0 aliphatic carbocycles. The molecule has 4 rings (SSSR count). The van der Waals surface area contributed by atoms with Crippen molar-refractivity contribution in [2.24, 2.45) is 11.1 Å². The molecule has 1 spiro atoms. The minimum absolute atomic E-state index is 0. The molecule has 2 heterocycles. The van der Waals surface area contributed by atoms with Crippen LogP contribution in [0.5, 0.6) is 5.75 Å². The molecule has 3 amide bonds. The molecule has 2 saturated heterocycles. The Balaban J connectivity index is 0.00000462. The number of halogens is 1. The molecule has 0 aromatic heterocycles. The van der Waals surface area contributed by atoms with E-state index in [-0.39, 0.29) is 50.7 Å². The summed E-state index contributed by atoms with van der Waals surface area (Å²) in [6, 6.07) is 12.6. The van der Waals surface area contributed by atoms with Gasteiger partial charge in [-0.05, 0) is 62.1 Å². The van der Waals surface area contributed by atoms with Gasteiger partial charge < -0.3 is 30.3 Å². The minimum atomic E-state index is -1.20. The lowest BCUT2D eigenvalue weighted by atomic mass is 9.69. The van der Waals surface area contributed by atoms with Crippen LogP contribution in [-0.4, -0.2) is 79.5 Å². The van der Waals surface area contributed by atoms with Crippen LogP contribution < -0.4 is 15.8 Å². The number of nitrogens with zero attached hydrogens (tertiary/aromatic N) is 2. The van der Waals surface area contributed by atoms with Gasteiger partial charge >= 0.3 is 0 Å². The first-order chi connectivity index (χ1) is 18.9. The Morgan fingerprint density at radius 3 is 2.44 bits per heavy atom. The second kappa shape index (κ2) is 13.0. The van der Waals surface area contributed by atoms with E-state index in [4.69, 9.17) is 15.2 Å². The second-order valence-electron chi connectivity index (χ2n) is 11.4. The fourth-order valence-electron chi connectivity index (χ4n) is 5.67. The molecule has 224 valence electrons. The molecule has 2 aliphatic heterocycles. The third-order valence-corrected chi connectivity index (χ3v) is 7.91. The SMILES string of the molecule is C.COc1ccc(COCC(NC(=O)C(C)(C)N)C(=O)N2CCCC3(C2)C(=O)N(C)CC3c2ccc(F)cc2)cc1. The lowest BCUT2D eigenvalue weighted by Gasteiger charge is -2.43. The Hall–Kier alpha value is -3.50. The summed E-state index contributed by atoms with van der Waals surface area (Å²) in [5, 5.41) is 2.77. The van der Waals surface area contributed by atoms with Crippen molar-refractivity contribution in [2.75, 3.05) is 40.4 Å². The molecular weight excluding hydrogens is 527 g/mol. The lowest BCUT2D eigenvalue weighted by Crippen LogP contribution is -2.60. The Morgan fingerprint density at radius 1 is 1.17 bits per heavy atom. The van der Waals surface area contributed by atoms with E-state index in [1.807, 2.05) is 24.3 Å². The number of benzene rings is 2. The third-order valence-electron chi connectivity index (χ3n) is 7.91. The molecule has 0 saturated carbocycles. The van der Waals surface area contributed by atoms with E-state index in [9.17, 15) is 18.8 Å². The number of nitrogens with two attached hydrogens (primary N) is 1. The van der Waals surface area contributed by atoms with Gasteiger partial charge in [-0.1, -0.05) is 31.7 Å². The monoisotopic (exact) mass is 570 g/mol. The zero-order valence-electron chi connectivity index (χ0n) is 23.6. The standard InChI is InChI=1S/C30H39FN4O5.CH4/c1-29(2,32)27(37)33-25(18-40-17-20-6-12-23(39-4)13-7-20)26(36)35-15-5-14-30(19-35)24(16-34(3)28(30)38)21-8-10-22(31)11-9-21;/h6-13,24-25H,5,14-19,32H2,1-4H3,(H,33,37);1H4. The van der Waals surface area contributed by atoms with Gasteiger partial charge in [-0.3, -0.25) is 14.4 Å². The number of ether oxygens (including phenoxy) is 2. The van der Waals surface area contributed by atoms with Gasteiger partial charge in [0.1, 0.15) is 17.6 Å². The fraction of sp³-hybridized carbons (Fsp3) is 0.516. The Kier molecular flexibility index (Phi) is 10.1. The van der Waals surface area contributed by atoms with Crippen molar-refractivity contribution >= 4 is 17.7 Å². The van der Waals surface area contributed by atoms with Gasteiger partial charge in [0, 0.05) is 32.6 Å². The Morgan fingerprint density at radius 2 is 1.83 bits per heavy atom. The van der Waals surface area contributed by atoms with Crippen molar-refractivity contribution in [1.29, 1.82) is 0 Å².